The summed E-state index contributed by atoms with van der Waals surface area (Å²) in [5, 5.41) is 18.2. The highest BCUT2D eigenvalue weighted by Gasteiger charge is 2.25. The predicted octanol–water partition coefficient (Wildman–Crippen LogP) is 1.03. The Balaban J connectivity index is 3.07. The second-order valence-corrected chi connectivity index (χ2v) is 3.21. The zero-order chi connectivity index (χ0) is 10.0. The van der Waals surface area contributed by atoms with Crippen LogP contribution in [0.15, 0.2) is 22.4 Å². The molecule has 0 radical (unpaired) electrons. The quantitative estimate of drug-likeness (QED) is 0.627. The van der Waals surface area contributed by atoms with Crippen molar-refractivity contribution in [1.29, 1.82) is 0 Å². The van der Waals surface area contributed by atoms with Crippen LogP contribution in [0, 0.1) is 0 Å². The highest BCUT2D eigenvalue weighted by Crippen LogP contribution is 2.26. The van der Waals surface area contributed by atoms with Gasteiger partial charge in [-0.15, -0.1) is 0 Å². The Labute approximate surface area is 78.9 Å². The van der Waals surface area contributed by atoms with Crippen LogP contribution >= 0.6 is 0 Å². The molecule has 0 saturated carbocycles. The topological polar surface area (TPSA) is 49.7 Å². The maximum absolute atomic E-state index is 9.11. The van der Waals surface area contributed by atoms with Gasteiger partial charge in [-0.1, -0.05) is 6.92 Å². The Morgan fingerprint density at radius 2 is 2.00 bits per heavy atom. The highest BCUT2D eigenvalue weighted by molar-refractivity contribution is 6.52. The standard InChI is InChI=1S/C9H15BO3/c1-4-8-5-13-7(3)9(6(8)2)10(11)12/h11-12H,4-5H2,1-3H3. The molecular weight excluding hydrogens is 167 g/mol. The van der Waals surface area contributed by atoms with Crippen molar-refractivity contribution in [3.8, 4) is 0 Å². The third kappa shape index (κ3) is 1.95. The molecule has 0 amide bonds. The Morgan fingerprint density at radius 1 is 1.38 bits per heavy atom. The van der Waals surface area contributed by atoms with Gasteiger partial charge in [-0.2, -0.15) is 0 Å². The first-order valence-electron chi connectivity index (χ1n) is 4.46. The van der Waals surface area contributed by atoms with E-state index in [2.05, 4.69) is 0 Å². The van der Waals surface area contributed by atoms with E-state index in [1.54, 1.807) is 6.92 Å². The maximum Gasteiger partial charge on any atom is 0.492 e. The van der Waals surface area contributed by atoms with Crippen LogP contribution in [0.3, 0.4) is 0 Å². The average Bonchev–Trinajstić information content (AvgIpc) is 2.04. The van der Waals surface area contributed by atoms with E-state index in [4.69, 9.17) is 14.8 Å². The molecule has 0 bridgehead atoms. The molecule has 0 aromatic rings. The normalized spacial score (nSPS) is 17.6. The molecule has 0 unspecified atom stereocenters. The summed E-state index contributed by atoms with van der Waals surface area (Å²) in [6, 6.07) is 0. The summed E-state index contributed by atoms with van der Waals surface area (Å²) in [5.74, 6) is 0.615. The highest BCUT2D eigenvalue weighted by atomic mass is 16.5. The molecule has 0 aromatic heterocycles. The van der Waals surface area contributed by atoms with Crippen molar-refractivity contribution >= 4 is 7.12 Å². The van der Waals surface area contributed by atoms with Crippen LogP contribution in [-0.2, 0) is 4.74 Å². The minimum absolute atomic E-state index is 0.517. The lowest BCUT2D eigenvalue weighted by atomic mass is 9.72. The summed E-state index contributed by atoms with van der Waals surface area (Å²) in [6.45, 7) is 6.26. The Bertz CT molecular complexity index is 266. The summed E-state index contributed by atoms with van der Waals surface area (Å²) < 4.78 is 5.33. The van der Waals surface area contributed by atoms with Gasteiger partial charge in [0.15, 0.2) is 0 Å². The Morgan fingerprint density at radius 3 is 2.46 bits per heavy atom. The molecule has 2 N–H and O–H groups in total. The van der Waals surface area contributed by atoms with Crippen LogP contribution in [0.25, 0.3) is 0 Å². The van der Waals surface area contributed by atoms with E-state index in [9.17, 15) is 0 Å². The van der Waals surface area contributed by atoms with Gasteiger partial charge in [0.05, 0.1) is 5.76 Å². The summed E-state index contributed by atoms with van der Waals surface area (Å²) in [4.78, 5) is 0. The largest absolute Gasteiger partial charge is 0.494 e. The summed E-state index contributed by atoms with van der Waals surface area (Å²) in [7, 11) is -1.43. The average molecular weight is 182 g/mol. The zero-order valence-electron chi connectivity index (χ0n) is 8.29. The molecule has 0 aliphatic carbocycles. The number of rotatable bonds is 2. The molecule has 1 rings (SSSR count). The van der Waals surface area contributed by atoms with Crippen molar-refractivity contribution in [2.75, 3.05) is 6.61 Å². The fraction of sp³-hybridized carbons (Fsp3) is 0.556. The second-order valence-electron chi connectivity index (χ2n) is 3.21. The van der Waals surface area contributed by atoms with Gasteiger partial charge in [-0.05, 0) is 31.4 Å². The van der Waals surface area contributed by atoms with Gasteiger partial charge in [-0.25, -0.2) is 0 Å². The van der Waals surface area contributed by atoms with Crippen molar-refractivity contribution in [2.24, 2.45) is 0 Å². The fourth-order valence-corrected chi connectivity index (χ4v) is 1.58. The molecule has 72 valence electrons. The number of ether oxygens (including phenoxy) is 1. The van der Waals surface area contributed by atoms with Crippen LogP contribution in [0.4, 0.5) is 0 Å². The lowest BCUT2D eigenvalue weighted by Gasteiger charge is -2.22. The van der Waals surface area contributed by atoms with E-state index < -0.39 is 7.12 Å². The van der Waals surface area contributed by atoms with Gasteiger partial charge in [0.25, 0.3) is 0 Å². The van der Waals surface area contributed by atoms with Gasteiger partial charge in [0, 0.05) is 5.47 Å². The van der Waals surface area contributed by atoms with Gasteiger partial charge in [0.2, 0.25) is 0 Å². The molecule has 0 atom stereocenters. The molecule has 1 aliphatic rings. The second kappa shape index (κ2) is 3.98. The van der Waals surface area contributed by atoms with Gasteiger partial charge in [-0.3, -0.25) is 0 Å². The van der Waals surface area contributed by atoms with Crippen LogP contribution in [0.5, 0.6) is 0 Å². The first-order valence-corrected chi connectivity index (χ1v) is 4.46. The van der Waals surface area contributed by atoms with Crippen LogP contribution in [0.1, 0.15) is 27.2 Å². The van der Waals surface area contributed by atoms with Crippen LogP contribution < -0.4 is 0 Å². The van der Waals surface area contributed by atoms with E-state index in [1.165, 1.54) is 0 Å². The van der Waals surface area contributed by atoms with Crippen molar-refractivity contribution in [2.45, 2.75) is 27.2 Å². The molecule has 0 fully saturated rings. The fourth-order valence-electron chi connectivity index (χ4n) is 1.58. The summed E-state index contributed by atoms with van der Waals surface area (Å²) in [6.07, 6.45) is 0.884. The summed E-state index contributed by atoms with van der Waals surface area (Å²) in [5.41, 5.74) is 2.61. The first-order chi connectivity index (χ1) is 6.07. The van der Waals surface area contributed by atoms with E-state index in [-0.39, 0.29) is 0 Å². The smallest absolute Gasteiger partial charge is 0.492 e. The predicted molar refractivity (Wildman–Crippen MR) is 51.8 cm³/mol. The van der Waals surface area contributed by atoms with Gasteiger partial charge >= 0.3 is 7.12 Å². The van der Waals surface area contributed by atoms with E-state index >= 15 is 0 Å². The van der Waals surface area contributed by atoms with E-state index in [0.717, 1.165) is 17.6 Å². The van der Waals surface area contributed by atoms with Gasteiger partial charge in [0.1, 0.15) is 6.61 Å². The Kier molecular flexibility index (Phi) is 3.17. The number of allylic oxidation sites excluding steroid dienone is 3. The minimum atomic E-state index is -1.43. The molecule has 0 spiro atoms. The third-order valence-corrected chi connectivity index (χ3v) is 2.46. The maximum atomic E-state index is 9.11. The SMILES string of the molecule is CCC1=C(C)C(B(O)O)=C(C)OC1. The minimum Gasteiger partial charge on any atom is -0.494 e. The molecule has 4 heteroatoms. The van der Waals surface area contributed by atoms with Crippen LogP contribution in [-0.4, -0.2) is 23.8 Å². The number of hydrogen-bond donors (Lipinski definition) is 2. The molecule has 1 heterocycles. The lowest BCUT2D eigenvalue weighted by molar-refractivity contribution is 0.228. The molecule has 1 aliphatic heterocycles. The molecule has 0 saturated heterocycles. The molecule has 3 nitrogen and oxygen atoms in total. The molecule has 13 heavy (non-hydrogen) atoms. The lowest BCUT2D eigenvalue weighted by Crippen LogP contribution is -2.23. The van der Waals surface area contributed by atoms with Crippen molar-refractivity contribution in [3.05, 3.63) is 22.4 Å². The molecule has 0 aromatic carbocycles. The monoisotopic (exact) mass is 182 g/mol. The van der Waals surface area contributed by atoms with Crippen molar-refractivity contribution in [1.82, 2.24) is 0 Å². The molecular formula is C9H15BO3. The zero-order valence-corrected chi connectivity index (χ0v) is 8.29. The summed E-state index contributed by atoms with van der Waals surface area (Å²) >= 11 is 0. The van der Waals surface area contributed by atoms with Gasteiger partial charge < -0.3 is 14.8 Å². The van der Waals surface area contributed by atoms with Crippen LogP contribution in [0.2, 0.25) is 0 Å². The Hall–Kier alpha value is -0.735. The van der Waals surface area contributed by atoms with Crippen molar-refractivity contribution < 1.29 is 14.8 Å². The van der Waals surface area contributed by atoms with Crippen molar-refractivity contribution in [3.63, 3.8) is 0 Å². The van der Waals surface area contributed by atoms with E-state index in [0.29, 0.717) is 17.8 Å². The third-order valence-electron chi connectivity index (χ3n) is 2.46. The van der Waals surface area contributed by atoms with E-state index in [1.807, 2.05) is 13.8 Å². The first kappa shape index (κ1) is 10.3. The number of hydrogen-bond acceptors (Lipinski definition) is 3.